The molecule has 3 rings (SSSR count). The zero-order chi connectivity index (χ0) is 24.1. The molecule has 2 atom stereocenters. The number of nitrogens with zero attached hydrogens (tertiary/aromatic N) is 2. The summed E-state index contributed by atoms with van der Waals surface area (Å²) in [5, 5.41) is 1.83. The van der Waals surface area contributed by atoms with Crippen LogP contribution in [-0.4, -0.2) is 61.9 Å². The van der Waals surface area contributed by atoms with Crippen LogP contribution in [0.1, 0.15) is 27.7 Å². The SMILES string of the molecule is CC1=C(C(=O)OC(C)(C)C)N2C(=O)[C@@H](NS(C)(=O)=O)[C@H]2S(=O)(=O)/C1=N\Nc1ccccc1. The van der Waals surface area contributed by atoms with E-state index < -0.39 is 53.8 Å². The Balaban J connectivity index is 2.14. The van der Waals surface area contributed by atoms with E-state index in [9.17, 15) is 26.4 Å². The maximum atomic E-state index is 13.3. The largest absolute Gasteiger partial charge is 0.455 e. The molecule has 2 aliphatic heterocycles. The molecule has 1 aromatic carbocycles. The van der Waals surface area contributed by atoms with E-state index in [2.05, 4.69) is 10.5 Å². The molecule has 0 saturated carbocycles. The van der Waals surface area contributed by atoms with Crippen molar-refractivity contribution in [3.8, 4) is 0 Å². The van der Waals surface area contributed by atoms with Crippen LogP contribution in [0.3, 0.4) is 0 Å². The van der Waals surface area contributed by atoms with Crippen molar-refractivity contribution in [2.75, 3.05) is 11.7 Å². The lowest BCUT2D eigenvalue weighted by Gasteiger charge is -2.49. The zero-order valence-corrected chi connectivity index (χ0v) is 19.7. The first-order valence-electron chi connectivity index (χ1n) is 9.51. The van der Waals surface area contributed by atoms with Gasteiger partial charge in [0.05, 0.1) is 11.9 Å². The van der Waals surface area contributed by atoms with Gasteiger partial charge in [0, 0.05) is 5.57 Å². The predicted molar refractivity (Wildman–Crippen MR) is 117 cm³/mol. The van der Waals surface area contributed by atoms with Gasteiger partial charge >= 0.3 is 5.97 Å². The number of anilines is 1. The van der Waals surface area contributed by atoms with Crippen LogP contribution in [0, 0.1) is 0 Å². The normalized spacial score (nSPS) is 24.1. The summed E-state index contributed by atoms with van der Waals surface area (Å²) in [6.45, 7) is 6.20. The highest BCUT2D eigenvalue weighted by Crippen LogP contribution is 2.39. The summed E-state index contributed by atoms with van der Waals surface area (Å²) in [7, 11) is -8.27. The third-order valence-electron chi connectivity index (χ3n) is 4.54. The smallest absolute Gasteiger partial charge is 0.355 e. The Morgan fingerprint density at radius 3 is 2.31 bits per heavy atom. The van der Waals surface area contributed by atoms with Crippen LogP contribution in [-0.2, 0) is 34.2 Å². The predicted octanol–water partition coefficient (Wildman–Crippen LogP) is 0.542. The number of para-hydroxylation sites is 1. The molecule has 0 bridgehead atoms. The van der Waals surface area contributed by atoms with Crippen molar-refractivity contribution in [2.45, 2.75) is 44.7 Å². The second-order valence-corrected chi connectivity index (χ2v) is 12.1. The molecule has 0 aromatic heterocycles. The van der Waals surface area contributed by atoms with E-state index in [1.807, 2.05) is 4.72 Å². The molecule has 2 aliphatic rings. The van der Waals surface area contributed by atoms with Crippen molar-refractivity contribution in [3.63, 3.8) is 0 Å². The molecule has 2 heterocycles. The standard InChI is InChI=1S/C19H24N4O7S2/c1-11-14(18(25)30-19(2,3)4)23-16(24)13(22-31(5,26)27)17(23)32(28,29)15(11)21-20-12-9-7-6-8-10-12/h6-10,13,17,20,22H,1-5H3/b21-15-/t13-,17-/m1/s1. The minimum atomic E-state index is -4.35. The first kappa shape index (κ1) is 23.9. The molecule has 1 saturated heterocycles. The zero-order valence-electron chi connectivity index (χ0n) is 18.1. The number of sulfone groups is 1. The molecule has 1 amide bonds. The van der Waals surface area contributed by atoms with E-state index in [-0.39, 0.29) is 11.3 Å². The van der Waals surface area contributed by atoms with Gasteiger partial charge in [-0.2, -0.15) is 9.82 Å². The van der Waals surface area contributed by atoms with Gasteiger partial charge in [0.15, 0.2) is 10.4 Å². The molecular formula is C19H24N4O7S2. The number of β-lactam (4-membered cyclic amide) rings is 1. The first-order valence-corrected chi connectivity index (χ1v) is 12.9. The lowest BCUT2D eigenvalue weighted by molar-refractivity contribution is -0.158. The first-order chi connectivity index (χ1) is 14.6. The maximum Gasteiger partial charge on any atom is 0.355 e. The highest BCUT2D eigenvalue weighted by Gasteiger charge is 2.63. The van der Waals surface area contributed by atoms with Gasteiger partial charge in [0.2, 0.25) is 25.8 Å². The third kappa shape index (κ3) is 4.54. The van der Waals surface area contributed by atoms with Gasteiger partial charge in [-0.1, -0.05) is 18.2 Å². The lowest BCUT2D eigenvalue weighted by atomic mass is 10.0. The lowest BCUT2D eigenvalue weighted by Crippen LogP contribution is -2.75. The number of amides is 1. The quantitative estimate of drug-likeness (QED) is 0.349. The fourth-order valence-corrected chi connectivity index (χ4v) is 6.05. The van der Waals surface area contributed by atoms with Crippen molar-refractivity contribution in [1.82, 2.24) is 9.62 Å². The number of nitrogens with one attached hydrogen (secondary N) is 2. The van der Waals surface area contributed by atoms with Crippen LogP contribution < -0.4 is 10.1 Å². The molecule has 1 aromatic rings. The average Bonchev–Trinajstić information content (AvgIpc) is 2.64. The Kier molecular flexibility index (Phi) is 5.95. The number of carbonyl (C=O) groups excluding carboxylic acids is 2. The van der Waals surface area contributed by atoms with Crippen molar-refractivity contribution in [2.24, 2.45) is 5.10 Å². The second-order valence-electron chi connectivity index (χ2n) is 8.38. The number of hydrogen-bond donors (Lipinski definition) is 2. The molecule has 32 heavy (non-hydrogen) atoms. The molecule has 2 N–H and O–H groups in total. The minimum Gasteiger partial charge on any atom is -0.455 e. The molecule has 0 radical (unpaired) electrons. The Hall–Kier alpha value is -2.77. The van der Waals surface area contributed by atoms with Crippen LogP contribution in [0.5, 0.6) is 0 Å². The number of fused-ring (bicyclic) bond motifs is 1. The average molecular weight is 485 g/mol. The van der Waals surface area contributed by atoms with Gasteiger partial charge in [-0.15, -0.1) is 0 Å². The van der Waals surface area contributed by atoms with Gasteiger partial charge in [0.1, 0.15) is 17.3 Å². The van der Waals surface area contributed by atoms with E-state index in [1.165, 1.54) is 6.92 Å². The summed E-state index contributed by atoms with van der Waals surface area (Å²) in [6.07, 6.45) is 0.806. The number of hydrogen-bond acceptors (Lipinski definition) is 9. The van der Waals surface area contributed by atoms with Gasteiger partial charge < -0.3 is 4.74 Å². The van der Waals surface area contributed by atoms with Crippen molar-refractivity contribution in [1.29, 1.82) is 0 Å². The number of carbonyl (C=O) groups is 2. The van der Waals surface area contributed by atoms with Gasteiger partial charge in [-0.25, -0.2) is 21.6 Å². The topological polar surface area (TPSA) is 151 Å². The van der Waals surface area contributed by atoms with Crippen molar-refractivity contribution >= 4 is 42.5 Å². The highest BCUT2D eigenvalue weighted by atomic mass is 32.2. The third-order valence-corrected chi connectivity index (χ3v) is 7.28. The number of hydrazone groups is 1. The van der Waals surface area contributed by atoms with Crippen molar-refractivity contribution < 1.29 is 31.2 Å². The second kappa shape index (κ2) is 7.98. The van der Waals surface area contributed by atoms with Gasteiger partial charge in [-0.05, 0) is 39.8 Å². The van der Waals surface area contributed by atoms with E-state index in [4.69, 9.17) is 4.74 Å². The fraction of sp³-hybridized carbons (Fsp3) is 0.421. The summed E-state index contributed by atoms with van der Waals surface area (Å²) in [6, 6.07) is 6.90. The Morgan fingerprint density at radius 2 is 1.78 bits per heavy atom. The number of sulfonamides is 1. The van der Waals surface area contributed by atoms with E-state index >= 15 is 0 Å². The fourth-order valence-electron chi connectivity index (χ4n) is 3.32. The molecule has 11 nitrogen and oxygen atoms in total. The maximum absolute atomic E-state index is 13.3. The van der Waals surface area contributed by atoms with Crippen LogP contribution >= 0.6 is 0 Å². The van der Waals surface area contributed by atoms with Crippen LogP contribution in [0.4, 0.5) is 5.69 Å². The number of ether oxygens (including phenoxy) is 1. The van der Waals surface area contributed by atoms with Gasteiger partial charge in [0.25, 0.3) is 0 Å². The number of rotatable bonds is 5. The summed E-state index contributed by atoms with van der Waals surface area (Å²) in [5.74, 6) is -1.80. The number of benzene rings is 1. The van der Waals surface area contributed by atoms with Crippen LogP contribution in [0.25, 0.3) is 0 Å². The summed E-state index contributed by atoms with van der Waals surface area (Å²) < 4.78 is 57.4. The molecule has 0 aliphatic carbocycles. The van der Waals surface area contributed by atoms with Crippen LogP contribution in [0.2, 0.25) is 0 Å². The van der Waals surface area contributed by atoms with E-state index in [1.54, 1.807) is 51.1 Å². The molecule has 1 fully saturated rings. The summed E-state index contributed by atoms with van der Waals surface area (Å²) in [5.41, 5.74) is 1.79. The number of esters is 1. The van der Waals surface area contributed by atoms with Crippen LogP contribution in [0.15, 0.2) is 46.7 Å². The molecular weight excluding hydrogens is 460 g/mol. The minimum absolute atomic E-state index is 0.0925. The van der Waals surface area contributed by atoms with Crippen molar-refractivity contribution in [3.05, 3.63) is 41.6 Å². The Bertz CT molecular complexity index is 1230. The Morgan fingerprint density at radius 1 is 1.19 bits per heavy atom. The molecule has 0 spiro atoms. The monoisotopic (exact) mass is 484 g/mol. The van der Waals surface area contributed by atoms with E-state index in [0.717, 1.165) is 11.2 Å². The highest BCUT2D eigenvalue weighted by molar-refractivity contribution is 8.07. The Labute approximate surface area is 186 Å². The molecule has 174 valence electrons. The molecule has 0 unspecified atom stereocenters. The summed E-state index contributed by atoms with van der Waals surface area (Å²) >= 11 is 0. The summed E-state index contributed by atoms with van der Waals surface area (Å²) in [4.78, 5) is 26.4. The molecule has 13 heteroatoms. The van der Waals surface area contributed by atoms with Gasteiger partial charge in [-0.3, -0.25) is 15.1 Å². The van der Waals surface area contributed by atoms with E-state index in [0.29, 0.717) is 5.69 Å².